The van der Waals surface area contributed by atoms with Crippen LogP contribution < -0.4 is 0 Å². The predicted octanol–water partition coefficient (Wildman–Crippen LogP) is 2.09. The van der Waals surface area contributed by atoms with Gasteiger partial charge in [0.15, 0.2) is 0 Å². The highest BCUT2D eigenvalue weighted by molar-refractivity contribution is 7.89. The molecule has 5 nitrogen and oxygen atoms in total. The van der Waals surface area contributed by atoms with Crippen LogP contribution in [-0.2, 0) is 16.6 Å². The van der Waals surface area contributed by atoms with Crippen molar-refractivity contribution in [3.05, 3.63) is 54.0 Å². The molecule has 1 aromatic heterocycles. The van der Waals surface area contributed by atoms with E-state index in [0.717, 1.165) is 24.6 Å². The van der Waals surface area contributed by atoms with Crippen molar-refractivity contribution in [2.45, 2.75) is 24.4 Å². The van der Waals surface area contributed by atoms with Gasteiger partial charge in [0, 0.05) is 31.6 Å². The van der Waals surface area contributed by atoms with E-state index in [1.807, 2.05) is 25.1 Å². The van der Waals surface area contributed by atoms with Gasteiger partial charge in [-0.25, -0.2) is 8.42 Å². The van der Waals surface area contributed by atoms with Crippen molar-refractivity contribution in [3.8, 4) is 0 Å². The highest BCUT2D eigenvalue weighted by Crippen LogP contribution is 2.36. The molecular weight excluding hydrogens is 312 g/mol. The zero-order valence-electron chi connectivity index (χ0n) is 13.1. The summed E-state index contributed by atoms with van der Waals surface area (Å²) in [6.07, 6.45) is 0. The number of rotatable bonds is 4. The predicted molar refractivity (Wildman–Crippen MR) is 86.3 cm³/mol. The smallest absolute Gasteiger partial charge is 0.243 e. The maximum absolute atomic E-state index is 12.7. The molecule has 0 amide bonds. The van der Waals surface area contributed by atoms with E-state index in [9.17, 15) is 8.42 Å². The van der Waals surface area contributed by atoms with Gasteiger partial charge >= 0.3 is 0 Å². The van der Waals surface area contributed by atoms with Gasteiger partial charge in [-0.2, -0.15) is 4.31 Å². The first kappa shape index (κ1) is 14.9. The molecule has 122 valence electrons. The van der Waals surface area contributed by atoms with Crippen molar-refractivity contribution in [1.29, 1.82) is 0 Å². The summed E-state index contributed by atoms with van der Waals surface area (Å²) in [7, 11) is -3.37. The minimum Gasteiger partial charge on any atom is -0.465 e. The van der Waals surface area contributed by atoms with Crippen LogP contribution in [0.2, 0.25) is 0 Å². The number of aryl methyl sites for hydroxylation is 1. The van der Waals surface area contributed by atoms with Gasteiger partial charge in [0.2, 0.25) is 10.0 Å². The fourth-order valence-electron chi connectivity index (χ4n) is 3.60. The van der Waals surface area contributed by atoms with Crippen molar-refractivity contribution >= 4 is 10.0 Å². The molecule has 2 atom stereocenters. The zero-order valence-corrected chi connectivity index (χ0v) is 13.9. The highest BCUT2D eigenvalue weighted by Gasteiger charge is 2.48. The van der Waals surface area contributed by atoms with E-state index in [4.69, 9.17) is 4.42 Å². The fourth-order valence-corrected chi connectivity index (χ4v) is 5.13. The van der Waals surface area contributed by atoms with Crippen LogP contribution in [0, 0.1) is 12.8 Å². The lowest BCUT2D eigenvalue weighted by Gasteiger charge is -2.43. The third-order valence-corrected chi connectivity index (χ3v) is 6.69. The van der Waals surface area contributed by atoms with Gasteiger partial charge < -0.3 is 4.42 Å². The Hall–Kier alpha value is -1.63. The Kier molecular flexibility index (Phi) is 3.55. The Bertz CT molecular complexity index is 800. The summed E-state index contributed by atoms with van der Waals surface area (Å²) in [6.45, 7) is 4.82. The second kappa shape index (κ2) is 5.47. The standard InChI is InChI=1S/C17H20N2O3S/c1-13-7-8-15(22-13)11-18-9-14-10-19(12-17(14)18)23(20,21)16-5-3-2-4-6-16/h2-8,14,17H,9-12H2,1H3/t14-,17-/m0/s1. The molecule has 0 radical (unpaired) electrons. The minimum absolute atomic E-state index is 0.305. The van der Waals surface area contributed by atoms with E-state index in [1.54, 1.807) is 28.6 Å². The maximum atomic E-state index is 12.7. The number of fused-ring (bicyclic) bond motifs is 1. The fraction of sp³-hybridized carbons (Fsp3) is 0.412. The van der Waals surface area contributed by atoms with Crippen molar-refractivity contribution in [3.63, 3.8) is 0 Å². The van der Waals surface area contributed by atoms with E-state index >= 15 is 0 Å². The summed E-state index contributed by atoms with van der Waals surface area (Å²) in [4.78, 5) is 2.69. The molecule has 2 aliphatic heterocycles. The second-order valence-electron chi connectivity index (χ2n) is 6.40. The summed E-state index contributed by atoms with van der Waals surface area (Å²) >= 11 is 0. The first-order valence-corrected chi connectivity index (χ1v) is 9.32. The molecular formula is C17H20N2O3S. The first-order valence-electron chi connectivity index (χ1n) is 7.88. The van der Waals surface area contributed by atoms with Gasteiger partial charge in [0.05, 0.1) is 11.4 Å². The summed E-state index contributed by atoms with van der Waals surface area (Å²) in [5.41, 5.74) is 0. The van der Waals surface area contributed by atoms with E-state index in [0.29, 0.717) is 29.9 Å². The van der Waals surface area contributed by atoms with Crippen molar-refractivity contribution in [1.82, 2.24) is 9.21 Å². The number of furan rings is 1. The molecule has 23 heavy (non-hydrogen) atoms. The van der Waals surface area contributed by atoms with Gasteiger partial charge in [0.1, 0.15) is 11.5 Å². The van der Waals surface area contributed by atoms with Gasteiger partial charge in [-0.3, -0.25) is 4.90 Å². The molecule has 3 heterocycles. The van der Waals surface area contributed by atoms with Crippen LogP contribution in [0.3, 0.4) is 0 Å². The number of sulfonamides is 1. The number of hydrogen-bond acceptors (Lipinski definition) is 4. The number of hydrogen-bond donors (Lipinski definition) is 0. The summed E-state index contributed by atoms with van der Waals surface area (Å²) in [5.74, 6) is 2.30. The molecule has 1 aromatic carbocycles. The lowest BCUT2D eigenvalue weighted by atomic mass is 9.92. The number of nitrogens with zero attached hydrogens (tertiary/aromatic N) is 2. The third kappa shape index (κ3) is 2.60. The molecule has 0 spiro atoms. The van der Waals surface area contributed by atoms with E-state index in [1.165, 1.54) is 0 Å². The highest BCUT2D eigenvalue weighted by atomic mass is 32.2. The Morgan fingerprint density at radius 1 is 1.09 bits per heavy atom. The summed E-state index contributed by atoms with van der Waals surface area (Å²) < 4.78 is 32.7. The molecule has 6 heteroatoms. The van der Waals surface area contributed by atoms with Gasteiger partial charge in [-0.05, 0) is 31.2 Å². The maximum Gasteiger partial charge on any atom is 0.243 e. The van der Waals surface area contributed by atoms with Gasteiger partial charge in [-0.1, -0.05) is 18.2 Å². The molecule has 0 bridgehead atoms. The molecule has 2 aliphatic rings. The number of benzene rings is 1. The second-order valence-corrected chi connectivity index (χ2v) is 8.34. The Morgan fingerprint density at radius 3 is 2.57 bits per heavy atom. The third-order valence-electron chi connectivity index (χ3n) is 4.85. The Morgan fingerprint density at radius 2 is 1.87 bits per heavy atom. The average Bonchev–Trinajstić information content (AvgIpc) is 3.09. The van der Waals surface area contributed by atoms with Crippen molar-refractivity contribution < 1.29 is 12.8 Å². The molecule has 2 aromatic rings. The van der Waals surface area contributed by atoms with E-state index in [2.05, 4.69) is 4.90 Å². The quantitative estimate of drug-likeness (QED) is 0.860. The average molecular weight is 332 g/mol. The van der Waals surface area contributed by atoms with Crippen LogP contribution in [0.5, 0.6) is 0 Å². The molecule has 2 saturated heterocycles. The van der Waals surface area contributed by atoms with Crippen molar-refractivity contribution in [2.75, 3.05) is 19.6 Å². The Labute approximate surface area is 136 Å². The van der Waals surface area contributed by atoms with Crippen LogP contribution in [0.25, 0.3) is 0 Å². The largest absolute Gasteiger partial charge is 0.465 e. The van der Waals surface area contributed by atoms with Gasteiger partial charge in [-0.15, -0.1) is 0 Å². The van der Waals surface area contributed by atoms with Gasteiger partial charge in [0.25, 0.3) is 0 Å². The van der Waals surface area contributed by atoms with Crippen LogP contribution >= 0.6 is 0 Å². The SMILES string of the molecule is Cc1ccc(CN2C[C@H]3CN(S(=O)(=O)c4ccccc4)C[C@@H]32)o1. The monoisotopic (exact) mass is 332 g/mol. The van der Waals surface area contributed by atoms with Crippen molar-refractivity contribution in [2.24, 2.45) is 5.92 Å². The molecule has 0 N–H and O–H groups in total. The topological polar surface area (TPSA) is 53.8 Å². The molecule has 2 fully saturated rings. The lowest BCUT2D eigenvalue weighted by molar-refractivity contribution is 0.0369. The normalized spacial score (nSPS) is 25.3. The van der Waals surface area contributed by atoms with E-state index in [-0.39, 0.29) is 0 Å². The van der Waals surface area contributed by atoms with E-state index < -0.39 is 10.0 Å². The molecule has 0 saturated carbocycles. The zero-order chi connectivity index (χ0) is 16.0. The van der Waals surface area contributed by atoms with Crippen LogP contribution in [0.4, 0.5) is 0 Å². The summed E-state index contributed by atoms with van der Waals surface area (Å²) in [5, 5.41) is 0. The molecule has 0 aliphatic carbocycles. The number of likely N-dealkylation sites (tertiary alicyclic amines) is 1. The molecule has 0 unspecified atom stereocenters. The van der Waals surface area contributed by atoms with Crippen LogP contribution in [-0.4, -0.2) is 43.3 Å². The first-order chi connectivity index (χ1) is 11.0. The van der Waals surface area contributed by atoms with Crippen LogP contribution in [0.1, 0.15) is 11.5 Å². The molecule has 4 rings (SSSR count). The minimum atomic E-state index is -3.37. The Balaban J connectivity index is 1.46. The summed E-state index contributed by atoms with van der Waals surface area (Å²) in [6, 6.07) is 13.0. The van der Waals surface area contributed by atoms with Crippen LogP contribution in [0.15, 0.2) is 51.8 Å². The lowest BCUT2D eigenvalue weighted by Crippen LogP contribution is -2.54.